The molecule has 1 aromatic heterocycles. The lowest BCUT2D eigenvalue weighted by Gasteiger charge is -2.31. The van der Waals surface area contributed by atoms with Crippen LogP contribution in [0.4, 0.5) is 0 Å². The Morgan fingerprint density at radius 3 is 2.83 bits per heavy atom. The van der Waals surface area contributed by atoms with Gasteiger partial charge in [-0.1, -0.05) is 31.5 Å². The molecule has 3 heterocycles. The molecule has 0 radical (unpaired) electrons. The standard InChI is InChI=1S/C23H31N3O3/c1-2-3-11-25-12-8-17(9-13-25)16-24-21(27)15-19-18-6-4-5-7-20(18)26-22(28)10-14-29-23(19)26/h4-7,17H,2-3,8-16H2,1H3,(H,24,27). The number of likely N-dealkylation sites (tertiary alicyclic amines) is 1. The van der Waals surface area contributed by atoms with E-state index in [-0.39, 0.29) is 18.2 Å². The summed E-state index contributed by atoms with van der Waals surface area (Å²) in [5.41, 5.74) is 1.65. The minimum atomic E-state index is -0.000752. The van der Waals surface area contributed by atoms with Gasteiger partial charge in [0.2, 0.25) is 17.7 Å². The van der Waals surface area contributed by atoms with E-state index < -0.39 is 0 Å². The van der Waals surface area contributed by atoms with Gasteiger partial charge in [0.25, 0.3) is 0 Å². The van der Waals surface area contributed by atoms with Gasteiger partial charge in [-0.05, 0) is 50.9 Å². The summed E-state index contributed by atoms with van der Waals surface area (Å²) in [7, 11) is 0. The third-order valence-electron chi connectivity index (χ3n) is 6.20. The van der Waals surface area contributed by atoms with Gasteiger partial charge in [0.15, 0.2) is 0 Å². The molecule has 1 N–H and O–H groups in total. The normalized spacial score (nSPS) is 17.9. The molecular weight excluding hydrogens is 366 g/mol. The quantitative estimate of drug-likeness (QED) is 0.779. The zero-order chi connectivity index (χ0) is 20.2. The predicted molar refractivity (Wildman–Crippen MR) is 113 cm³/mol. The molecule has 1 saturated heterocycles. The molecule has 0 bridgehead atoms. The fraction of sp³-hybridized carbons (Fsp3) is 0.565. The SMILES string of the molecule is CCCCN1CCC(CNC(=O)Cc2c3n(c4ccccc24)C(=O)CCO3)CC1. The van der Waals surface area contributed by atoms with E-state index in [0.29, 0.717) is 24.8 Å². The Balaban J connectivity index is 1.37. The van der Waals surface area contributed by atoms with E-state index in [4.69, 9.17) is 4.74 Å². The molecule has 4 rings (SSSR count). The smallest absolute Gasteiger partial charge is 0.237 e. The molecule has 6 nitrogen and oxygen atoms in total. The molecule has 2 aliphatic rings. The molecule has 1 fully saturated rings. The fourth-order valence-corrected chi connectivity index (χ4v) is 4.48. The van der Waals surface area contributed by atoms with Gasteiger partial charge in [-0.3, -0.25) is 9.59 Å². The van der Waals surface area contributed by atoms with Crippen LogP contribution in [0.15, 0.2) is 24.3 Å². The molecular formula is C23H31N3O3. The molecule has 0 spiro atoms. The molecule has 2 aromatic rings. The summed E-state index contributed by atoms with van der Waals surface area (Å²) in [6.45, 7) is 6.80. The number of ether oxygens (including phenoxy) is 1. The van der Waals surface area contributed by atoms with E-state index in [0.717, 1.165) is 48.9 Å². The van der Waals surface area contributed by atoms with Crippen molar-refractivity contribution in [3.63, 3.8) is 0 Å². The zero-order valence-electron chi connectivity index (χ0n) is 17.3. The van der Waals surface area contributed by atoms with Crippen LogP contribution in [0.3, 0.4) is 0 Å². The van der Waals surface area contributed by atoms with Crippen molar-refractivity contribution in [1.29, 1.82) is 0 Å². The number of benzene rings is 1. The van der Waals surface area contributed by atoms with Gasteiger partial charge >= 0.3 is 0 Å². The van der Waals surface area contributed by atoms with Gasteiger partial charge < -0.3 is 15.0 Å². The number of para-hydroxylation sites is 1. The monoisotopic (exact) mass is 397 g/mol. The Morgan fingerprint density at radius 2 is 2.03 bits per heavy atom. The number of nitrogens with one attached hydrogen (secondary N) is 1. The molecule has 1 amide bonds. The lowest BCUT2D eigenvalue weighted by atomic mass is 9.96. The summed E-state index contributed by atoms with van der Waals surface area (Å²) in [4.78, 5) is 27.6. The number of hydrogen-bond donors (Lipinski definition) is 1. The van der Waals surface area contributed by atoms with Crippen LogP contribution in [-0.2, 0) is 11.2 Å². The van der Waals surface area contributed by atoms with Crippen molar-refractivity contribution in [2.24, 2.45) is 5.92 Å². The highest BCUT2D eigenvalue weighted by Gasteiger charge is 2.27. The number of rotatable bonds is 7. The number of carbonyl (C=O) groups excluding carboxylic acids is 2. The van der Waals surface area contributed by atoms with Crippen LogP contribution in [0.2, 0.25) is 0 Å². The number of unbranched alkanes of at least 4 members (excludes halogenated alkanes) is 1. The number of carbonyl (C=O) groups is 2. The summed E-state index contributed by atoms with van der Waals surface area (Å²) in [6, 6.07) is 7.73. The lowest BCUT2D eigenvalue weighted by Crippen LogP contribution is -2.39. The van der Waals surface area contributed by atoms with Crippen LogP contribution in [-0.4, -0.2) is 54.1 Å². The number of hydrogen-bond acceptors (Lipinski definition) is 4. The Kier molecular flexibility index (Phi) is 6.19. The first-order valence-corrected chi connectivity index (χ1v) is 10.9. The molecule has 0 saturated carbocycles. The maximum absolute atomic E-state index is 12.7. The zero-order valence-corrected chi connectivity index (χ0v) is 17.3. The summed E-state index contributed by atoms with van der Waals surface area (Å²) < 4.78 is 7.44. The molecule has 2 aliphatic heterocycles. The average molecular weight is 398 g/mol. The first-order valence-electron chi connectivity index (χ1n) is 10.9. The Labute approximate surface area is 172 Å². The van der Waals surface area contributed by atoms with Crippen LogP contribution in [0.5, 0.6) is 5.88 Å². The van der Waals surface area contributed by atoms with Crippen molar-refractivity contribution < 1.29 is 14.3 Å². The Morgan fingerprint density at radius 1 is 1.24 bits per heavy atom. The van der Waals surface area contributed by atoms with Crippen molar-refractivity contribution in [2.75, 3.05) is 32.8 Å². The Bertz CT molecular complexity index is 881. The van der Waals surface area contributed by atoms with Crippen LogP contribution in [0.1, 0.15) is 49.4 Å². The molecule has 156 valence electrons. The van der Waals surface area contributed by atoms with Crippen molar-refractivity contribution in [3.8, 4) is 5.88 Å². The highest BCUT2D eigenvalue weighted by atomic mass is 16.5. The van der Waals surface area contributed by atoms with Crippen LogP contribution in [0.25, 0.3) is 10.9 Å². The van der Waals surface area contributed by atoms with Gasteiger partial charge in [0.1, 0.15) is 0 Å². The molecule has 0 aliphatic carbocycles. The second kappa shape index (κ2) is 8.99. The van der Waals surface area contributed by atoms with Crippen LogP contribution < -0.4 is 10.1 Å². The highest BCUT2D eigenvalue weighted by molar-refractivity contribution is 6.00. The third kappa shape index (κ3) is 4.32. The molecule has 1 aromatic carbocycles. The minimum absolute atomic E-state index is 0.000752. The van der Waals surface area contributed by atoms with E-state index >= 15 is 0 Å². The van der Waals surface area contributed by atoms with Crippen LogP contribution in [0, 0.1) is 5.92 Å². The second-order valence-corrected chi connectivity index (χ2v) is 8.25. The molecule has 0 atom stereocenters. The van der Waals surface area contributed by atoms with Crippen LogP contribution >= 0.6 is 0 Å². The Hall–Kier alpha value is -2.34. The average Bonchev–Trinajstić information content (AvgIpc) is 3.06. The van der Waals surface area contributed by atoms with Crippen molar-refractivity contribution in [1.82, 2.24) is 14.8 Å². The maximum Gasteiger partial charge on any atom is 0.237 e. The molecule has 6 heteroatoms. The van der Waals surface area contributed by atoms with E-state index in [2.05, 4.69) is 17.1 Å². The van der Waals surface area contributed by atoms with Gasteiger partial charge in [-0.25, -0.2) is 4.57 Å². The number of aromatic nitrogens is 1. The number of fused-ring (bicyclic) bond motifs is 3. The number of nitrogens with zero attached hydrogens (tertiary/aromatic N) is 2. The summed E-state index contributed by atoms with van der Waals surface area (Å²) in [5, 5.41) is 4.05. The van der Waals surface area contributed by atoms with Gasteiger partial charge in [0, 0.05) is 17.5 Å². The maximum atomic E-state index is 12.7. The lowest BCUT2D eigenvalue weighted by molar-refractivity contribution is -0.120. The van der Waals surface area contributed by atoms with E-state index in [1.54, 1.807) is 4.57 Å². The van der Waals surface area contributed by atoms with Crippen molar-refractivity contribution >= 4 is 22.7 Å². The minimum Gasteiger partial charge on any atom is -0.478 e. The molecule has 29 heavy (non-hydrogen) atoms. The van der Waals surface area contributed by atoms with Gasteiger partial charge in [-0.2, -0.15) is 0 Å². The van der Waals surface area contributed by atoms with Crippen molar-refractivity contribution in [3.05, 3.63) is 29.8 Å². The highest BCUT2D eigenvalue weighted by Crippen LogP contribution is 2.34. The van der Waals surface area contributed by atoms with Crippen molar-refractivity contribution in [2.45, 2.75) is 45.4 Å². The van der Waals surface area contributed by atoms with E-state index in [9.17, 15) is 9.59 Å². The second-order valence-electron chi connectivity index (χ2n) is 8.25. The number of amides is 1. The predicted octanol–water partition coefficient (Wildman–Crippen LogP) is 3.23. The first-order chi connectivity index (χ1) is 14.2. The molecule has 0 unspecified atom stereocenters. The topological polar surface area (TPSA) is 63.6 Å². The number of piperidine rings is 1. The fourth-order valence-electron chi connectivity index (χ4n) is 4.48. The third-order valence-corrected chi connectivity index (χ3v) is 6.20. The largest absolute Gasteiger partial charge is 0.478 e. The first kappa shape index (κ1) is 20.0. The van der Waals surface area contributed by atoms with E-state index in [1.807, 2.05) is 24.3 Å². The summed E-state index contributed by atoms with van der Waals surface area (Å²) in [5.74, 6) is 1.12. The van der Waals surface area contributed by atoms with Gasteiger partial charge in [-0.15, -0.1) is 0 Å². The van der Waals surface area contributed by atoms with E-state index in [1.165, 1.54) is 19.4 Å². The summed E-state index contributed by atoms with van der Waals surface area (Å²) >= 11 is 0. The van der Waals surface area contributed by atoms with Gasteiger partial charge in [0.05, 0.1) is 25.0 Å². The summed E-state index contributed by atoms with van der Waals surface area (Å²) in [6.07, 6.45) is 5.41.